The van der Waals surface area contributed by atoms with E-state index >= 15 is 0 Å². The van der Waals surface area contributed by atoms with Gasteiger partial charge in [0.2, 0.25) is 0 Å². The smallest absolute Gasteiger partial charge is 0.120 e. The first-order chi connectivity index (χ1) is 8.19. The van der Waals surface area contributed by atoms with Gasteiger partial charge in [-0.15, -0.1) is 0 Å². The van der Waals surface area contributed by atoms with Gasteiger partial charge in [0.25, 0.3) is 0 Å². The molecule has 2 nitrogen and oxygen atoms in total. The van der Waals surface area contributed by atoms with Gasteiger partial charge in [0, 0.05) is 18.2 Å². The molecule has 0 heterocycles. The fourth-order valence-corrected chi connectivity index (χ4v) is 2.26. The molecular formula is C15H23NO. The number of phenols is 1. The van der Waals surface area contributed by atoms with E-state index in [0.29, 0.717) is 11.8 Å². The SMILES string of the molecule is CCC(CC1CC1)NCc1cc(C)ccc1O. The standard InChI is InChI=1S/C15H23NO/c1-3-14(9-12-5-6-12)16-10-13-8-11(2)4-7-15(13)17/h4,7-8,12,14,16-17H,3,5-6,9-10H2,1-2H3. The predicted molar refractivity (Wildman–Crippen MR) is 71.1 cm³/mol. The van der Waals surface area contributed by atoms with Crippen molar-refractivity contribution in [2.75, 3.05) is 0 Å². The molecule has 17 heavy (non-hydrogen) atoms. The van der Waals surface area contributed by atoms with E-state index in [9.17, 15) is 5.11 Å². The largest absolute Gasteiger partial charge is 0.508 e. The molecule has 0 saturated heterocycles. The minimum absolute atomic E-state index is 0.407. The summed E-state index contributed by atoms with van der Waals surface area (Å²) < 4.78 is 0. The summed E-state index contributed by atoms with van der Waals surface area (Å²) in [7, 11) is 0. The molecular weight excluding hydrogens is 210 g/mol. The van der Waals surface area contributed by atoms with Crippen molar-refractivity contribution in [1.29, 1.82) is 0 Å². The molecule has 1 fully saturated rings. The zero-order valence-electron chi connectivity index (χ0n) is 10.9. The molecule has 2 N–H and O–H groups in total. The first-order valence-corrected chi connectivity index (χ1v) is 6.71. The monoisotopic (exact) mass is 233 g/mol. The molecule has 1 aromatic rings. The van der Waals surface area contributed by atoms with E-state index < -0.39 is 0 Å². The lowest BCUT2D eigenvalue weighted by atomic mass is 10.1. The molecule has 0 spiro atoms. The third-order valence-corrected chi connectivity index (χ3v) is 3.62. The maximum atomic E-state index is 9.77. The highest BCUT2D eigenvalue weighted by Gasteiger charge is 2.24. The molecule has 0 radical (unpaired) electrons. The van der Waals surface area contributed by atoms with Gasteiger partial charge in [0.15, 0.2) is 0 Å². The lowest BCUT2D eigenvalue weighted by Crippen LogP contribution is -2.28. The Morgan fingerprint density at radius 2 is 2.18 bits per heavy atom. The van der Waals surface area contributed by atoms with E-state index in [2.05, 4.69) is 25.2 Å². The number of hydrogen-bond acceptors (Lipinski definition) is 2. The summed E-state index contributed by atoms with van der Waals surface area (Å²) in [5.74, 6) is 1.36. The molecule has 94 valence electrons. The summed E-state index contributed by atoms with van der Waals surface area (Å²) in [5, 5.41) is 13.3. The lowest BCUT2D eigenvalue weighted by molar-refractivity contribution is 0.429. The summed E-state index contributed by atoms with van der Waals surface area (Å²) in [4.78, 5) is 0. The van der Waals surface area contributed by atoms with Gasteiger partial charge in [0.1, 0.15) is 5.75 Å². The number of rotatable bonds is 6. The average Bonchev–Trinajstić information content (AvgIpc) is 3.12. The van der Waals surface area contributed by atoms with Crippen molar-refractivity contribution in [1.82, 2.24) is 5.32 Å². The van der Waals surface area contributed by atoms with Gasteiger partial charge in [-0.3, -0.25) is 0 Å². The summed E-state index contributed by atoms with van der Waals surface area (Å²) in [6, 6.07) is 6.39. The van der Waals surface area contributed by atoms with E-state index in [1.807, 2.05) is 6.07 Å². The Labute approximate surface area is 104 Å². The predicted octanol–water partition coefficient (Wildman–Crippen LogP) is 3.37. The number of benzene rings is 1. The van der Waals surface area contributed by atoms with Crippen LogP contribution in [0.5, 0.6) is 5.75 Å². The normalized spacial score (nSPS) is 17.1. The van der Waals surface area contributed by atoms with Gasteiger partial charge in [-0.2, -0.15) is 0 Å². The quantitative estimate of drug-likeness (QED) is 0.789. The van der Waals surface area contributed by atoms with Crippen LogP contribution in [0.4, 0.5) is 0 Å². The Morgan fingerprint density at radius 1 is 1.41 bits per heavy atom. The van der Waals surface area contributed by atoms with E-state index in [1.165, 1.54) is 31.2 Å². The maximum Gasteiger partial charge on any atom is 0.120 e. The summed E-state index contributed by atoms with van der Waals surface area (Å²) in [6.45, 7) is 5.07. The van der Waals surface area contributed by atoms with Crippen LogP contribution < -0.4 is 5.32 Å². The van der Waals surface area contributed by atoms with E-state index in [4.69, 9.17) is 0 Å². The Balaban J connectivity index is 1.88. The highest BCUT2D eigenvalue weighted by atomic mass is 16.3. The number of aryl methyl sites for hydroxylation is 1. The summed E-state index contributed by atoms with van der Waals surface area (Å²) in [6.07, 6.45) is 5.29. The second kappa shape index (κ2) is 5.54. The van der Waals surface area contributed by atoms with Crippen LogP contribution in [-0.2, 0) is 6.54 Å². The van der Waals surface area contributed by atoms with Crippen molar-refractivity contribution in [3.05, 3.63) is 29.3 Å². The first kappa shape index (κ1) is 12.4. The third-order valence-electron chi connectivity index (χ3n) is 3.62. The van der Waals surface area contributed by atoms with E-state index in [-0.39, 0.29) is 0 Å². The molecule has 0 amide bonds. The number of hydrogen-bond donors (Lipinski definition) is 2. The molecule has 1 atom stereocenters. The molecule has 1 aromatic carbocycles. The van der Waals surface area contributed by atoms with Crippen molar-refractivity contribution in [3.63, 3.8) is 0 Å². The number of phenolic OH excluding ortho intramolecular Hbond substituents is 1. The molecule has 2 rings (SSSR count). The van der Waals surface area contributed by atoms with Gasteiger partial charge >= 0.3 is 0 Å². The second-order valence-corrected chi connectivity index (χ2v) is 5.30. The van der Waals surface area contributed by atoms with Gasteiger partial charge in [-0.25, -0.2) is 0 Å². The Hall–Kier alpha value is -1.02. The lowest BCUT2D eigenvalue weighted by Gasteiger charge is -2.17. The first-order valence-electron chi connectivity index (χ1n) is 6.71. The van der Waals surface area contributed by atoms with Gasteiger partial charge in [-0.05, 0) is 31.7 Å². The van der Waals surface area contributed by atoms with Crippen molar-refractivity contribution >= 4 is 0 Å². The highest BCUT2D eigenvalue weighted by Crippen LogP contribution is 2.34. The Morgan fingerprint density at radius 3 is 2.82 bits per heavy atom. The second-order valence-electron chi connectivity index (χ2n) is 5.30. The molecule has 1 unspecified atom stereocenters. The fraction of sp³-hybridized carbons (Fsp3) is 0.600. The Bertz CT molecular complexity index is 371. The molecule has 1 aliphatic rings. The zero-order chi connectivity index (χ0) is 12.3. The van der Waals surface area contributed by atoms with Crippen LogP contribution in [0, 0.1) is 12.8 Å². The highest BCUT2D eigenvalue weighted by molar-refractivity contribution is 5.35. The maximum absolute atomic E-state index is 9.77. The van der Waals surface area contributed by atoms with Crippen molar-refractivity contribution in [3.8, 4) is 5.75 Å². The minimum atomic E-state index is 0.407. The van der Waals surface area contributed by atoms with Crippen LogP contribution in [0.25, 0.3) is 0 Å². The molecule has 1 aliphatic carbocycles. The topological polar surface area (TPSA) is 32.3 Å². The Kier molecular flexibility index (Phi) is 4.06. The molecule has 0 aromatic heterocycles. The fourth-order valence-electron chi connectivity index (χ4n) is 2.26. The van der Waals surface area contributed by atoms with Gasteiger partial charge in [-0.1, -0.05) is 37.5 Å². The van der Waals surface area contributed by atoms with Gasteiger partial charge < -0.3 is 10.4 Å². The molecule has 1 saturated carbocycles. The van der Waals surface area contributed by atoms with Crippen LogP contribution in [0.1, 0.15) is 43.7 Å². The van der Waals surface area contributed by atoms with Crippen molar-refractivity contribution < 1.29 is 5.11 Å². The van der Waals surface area contributed by atoms with Crippen LogP contribution in [-0.4, -0.2) is 11.1 Å². The number of aromatic hydroxyl groups is 1. The van der Waals surface area contributed by atoms with Crippen LogP contribution in [0.15, 0.2) is 18.2 Å². The van der Waals surface area contributed by atoms with Crippen LogP contribution in [0.3, 0.4) is 0 Å². The van der Waals surface area contributed by atoms with Crippen molar-refractivity contribution in [2.24, 2.45) is 5.92 Å². The van der Waals surface area contributed by atoms with Crippen LogP contribution in [0.2, 0.25) is 0 Å². The van der Waals surface area contributed by atoms with Crippen LogP contribution >= 0.6 is 0 Å². The summed E-state index contributed by atoms with van der Waals surface area (Å²) in [5.41, 5.74) is 2.22. The molecule has 0 bridgehead atoms. The molecule has 2 heteroatoms. The minimum Gasteiger partial charge on any atom is -0.508 e. The zero-order valence-corrected chi connectivity index (χ0v) is 10.9. The summed E-state index contributed by atoms with van der Waals surface area (Å²) >= 11 is 0. The van der Waals surface area contributed by atoms with E-state index in [0.717, 1.165) is 18.0 Å². The van der Waals surface area contributed by atoms with Gasteiger partial charge in [0.05, 0.1) is 0 Å². The number of nitrogens with one attached hydrogen (secondary N) is 1. The molecule has 0 aliphatic heterocycles. The van der Waals surface area contributed by atoms with Crippen molar-refractivity contribution in [2.45, 2.75) is 52.1 Å². The third kappa shape index (κ3) is 3.74. The average molecular weight is 233 g/mol. The van der Waals surface area contributed by atoms with E-state index in [1.54, 1.807) is 6.07 Å².